The van der Waals surface area contributed by atoms with Crippen LogP contribution in [0.4, 0.5) is 5.82 Å². The van der Waals surface area contributed by atoms with Crippen LogP contribution in [-0.4, -0.2) is 47.7 Å². The molecule has 2 heterocycles. The molecule has 0 bridgehead atoms. The second-order valence-electron chi connectivity index (χ2n) is 4.75. The van der Waals surface area contributed by atoms with Crippen molar-refractivity contribution in [2.24, 2.45) is 0 Å². The molecule has 22 heavy (non-hydrogen) atoms. The zero-order chi connectivity index (χ0) is 16.0. The van der Waals surface area contributed by atoms with E-state index in [0.717, 1.165) is 17.4 Å². The molecule has 118 valence electrons. The van der Waals surface area contributed by atoms with Crippen molar-refractivity contribution < 1.29 is 8.42 Å². The Bertz CT molecular complexity index is 721. The summed E-state index contributed by atoms with van der Waals surface area (Å²) in [6.45, 7) is 2.76. The molecule has 0 aromatic carbocycles. The minimum absolute atomic E-state index is 0.375. The molecule has 9 heteroatoms. The summed E-state index contributed by atoms with van der Waals surface area (Å²) in [4.78, 5) is 16.6. The van der Waals surface area contributed by atoms with Crippen LogP contribution in [0, 0.1) is 6.92 Å². The van der Waals surface area contributed by atoms with Gasteiger partial charge in [0.2, 0.25) is 10.0 Å². The first-order chi connectivity index (χ1) is 10.5. The number of hydrogen-bond acceptors (Lipinski definition) is 7. The summed E-state index contributed by atoms with van der Waals surface area (Å²) < 4.78 is 24.4. The van der Waals surface area contributed by atoms with E-state index in [4.69, 9.17) is 0 Å². The zero-order valence-electron chi connectivity index (χ0n) is 12.4. The minimum Gasteiger partial charge on any atom is -0.369 e. The average Bonchev–Trinajstić information content (AvgIpc) is 2.47. The summed E-state index contributed by atoms with van der Waals surface area (Å²) in [6.07, 6.45) is 8.35. The predicted octanol–water partition coefficient (Wildman–Crippen LogP) is 0.593. The maximum Gasteiger partial charge on any atom is 0.208 e. The highest BCUT2D eigenvalue weighted by Crippen LogP contribution is 2.24. The Morgan fingerprint density at radius 2 is 1.86 bits per heavy atom. The van der Waals surface area contributed by atoms with Gasteiger partial charge in [0.15, 0.2) is 0 Å². The lowest BCUT2D eigenvalue weighted by Crippen LogP contribution is -2.24. The van der Waals surface area contributed by atoms with E-state index in [1.165, 1.54) is 6.33 Å². The Balaban J connectivity index is 2.02. The summed E-state index contributed by atoms with van der Waals surface area (Å²) in [5.74, 6) is 1.33. The van der Waals surface area contributed by atoms with E-state index < -0.39 is 10.0 Å². The van der Waals surface area contributed by atoms with Crippen LogP contribution >= 0.6 is 0 Å². The summed E-state index contributed by atoms with van der Waals surface area (Å²) in [6, 6.07) is 0. The number of nitrogens with zero attached hydrogens (tertiary/aromatic N) is 4. The van der Waals surface area contributed by atoms with E-state index in [-0.39, 0.29) is 0 Å². The van der Waals surface area contributed by atoms with Gasteiger partial charge in [0.25, 0.3) is 0 Å². The Kier molecular flexibility index (Phi) is 5.34. The highest BCUT2D eigenvalue weighted by Gasteiger charge is 2.08. The van der Waals surface area contributed by atoms with Crippen molar-refractivity contribution >= 4 is 15.8 Å². The molecule has 0 fully saturated rings. The van der Waals surface area contributed by atoms with Crippen LogP contribution in [0.2, 0.25) is 0 Å². The second-order valence-corrected chi connectivity index (χ2v) is 6.59. The Labute approximate surface area is 129 Å². The normalized spacial score (nSPS) is 11.4. The van der Waals surface area contributed by atoms with Gasteiger partial charge in [-0.15, -0.1) is 0 Å². The lowest BCUT2D eigenvalue weighted by molar-refractivity contribution is 0.586. The van der Waals surface area contributed by atoms with Crippen molar-refractivity contribution in [3.05, 3.63) is 30.7 Å². The molecule has 0 saturated carbocycles. The van der Waals surface area contributed by atoms with Gasteiger partial charge < -0.3 is 5.32 Å². The van der Waals surface area contributed by atoms with Crippen molar-refractivity contribution in [3.8, 4) is 11.1 Å². The molecule has 8 nitrogen and oxygen atoms in total. The van der Waals surface area contributed by atoms with Crippen molar-refractivity contribution in [2.45, 2.75) is 13.3 Å². The molecular weight excluding hydrogens is 304 g/mol. The van der Waals surface area contributed by atoms with Gasteiger partial charge in [0, 0.05) is 42.8 Å². The Morgan fingerprint density at radius 3 is 2.55 bits per heavy atom. The van der Waals surface area contributed by atoms with E-state index >= 15 is 0 Å². The molecule has 2 aromatic rings. The van der Waals surface area contributed by atoms with Gasteiger partial charge in [0.05, 0.1) is 6.26 Å². The van der Waals surface area contributed by atoms with Gasteiger partial charge >= 0.3 is 0 Å². The number of nitrogens with one attached hydrogen (secondary N) is 2. The molecule has 0 aliphatic carbocycles. The number of hydrogen-bond donors (Lipinski definition) is 2. The maximum atomic E-state index is 11.0. The van der Waals surface area contributed by atoms with Crippen LogP contribution in [0.1, 0.15) is 12.2 Å². The fourth-order valence-corrected chi connectivity index (χ4v) is 2.32. The van der Waals surface area contributed by atoms with Crippen molar-refractivity contribution in [2.75, 3.05) is 24.7 Å². The molecule has 2 rings (SSSR count). The topological polar surface area (TPSA) is 110 Å². The van der Waals surface area contributed by atoms with Crippen molar-refractivity contribution in [3.63, 3.8) is 0 Å². The van der Waals surface area contributed by atoms with E-state index in [9.17, 15) is 8.42 Å². The summed E-state index contributed by atoms with van der Waals surface area (Å²) in [7, 11) is -3.15. The first-order valence-electron chi connectivity index (χ1n) is 6.73. The Hall–Kier alpha value is -2.13. The molecule has 0 aliphatic rings. The zero-order valence-corrected chi connectivity index (χ0v) is 13.3. The van der Waals surface area contributed by atoms with Crippen LogP contribution in [0.15, 0.2) is 24.9 Å². The molecular formula is C13H18N6O2S. The number of rotatable bonds is 7. The standard InChI is InChI=1S/C13H18N6O2S/c1-10-17-8-12(11-6-14-9-15-7-11)13(19-10)16-4-3-5-18-22(2,20)21/h6-9,18H,3-5H2,1-2H3,(H,16,17,19). The fraction of sp³-hybridized carbons (Fsp3) is 0.385. The molecule has 0 spiro atoms. The quantitative estimate of drug-likeness (QED) is 0.718. The highest BCUT2D eigenvalue weighted by atomic mass is 32.2. The summed E-state index contributed by atoms with van der Waals surface area (Å²) in [5.41, 5.74) is 1.63. The molecule has 0 saturated heterocycles. The van der Waals surface area contributed by atoms with Gasteiger partial charge in [-0.05, 0) is 13.3 Å². The smallest absolute Gasteiger partial charge is 0.208 e. The third-order valence-corrected chi connectivity index (χ3v) is 3.52. The maximum absolute atomic E-state index is 11.0. The van der Waals surface area contributed by atoms with Gasteiger partial charge in [0.1, 0.15) is 18.0 Å². The van der Waals surface area contributed by atoms with E-state index in [0.29, 0.717) is 31.2 Å². The second kappa shape index (κ2) is 7.23. The Morgan fingerprint density at radius 1 is 1.14 bits per heavy atom. The first kappa shape index (κ1) is 16.2. The number of aryl methyl sites for hydroxylation is 1. The molecule has 0 aliphatic heterocycles. The third kappa shape index (κ3) is 5.01. The third-order valence-electron chi connectivity index (χ3n) is 2.79. The number of anilines is 1. The lowest BCUT2D eigenvalue weighted by Gasteiger charge is -2.11. The molecule has 2 aromatic heterocycles. The lowest BCUT2D eigenvalue weighted by atomic mass is 10.1. The molecule has 0 amide bonds. The highest BCUT2D eigenvalue weighted by molar-refractivity contribution is 7.88. The fourth-order valence-electron chi connectivity index (χ4n) is 1.81. The summed E-state index contributed by atoms with van der Waals surface area (Å²) >= 11 is 0. The van der Waals surface area contributed by atoms with Crippen LogP contribution in [-0.2, 0) is 10.0 Å². The molecule has 2 N–H and O–H groups in total. The number of aromatic nitrogens is 4. The van der Waals surface area contributed by atoms with E-state index in [2.05, 4.69) is 30.0 Å². The monoisotopic (exact) mass is 322 g/mol. The van der Waals surface area contributed by atoms with E-state index in [1.54, 1.807) is 18.6 Å². The van der Waals surface area contributed by atoms with Crippen molar-refractivity contribution in [1.29, 1.82) is 0 Å². The van der Waals surface area contributed by atoms with Crippen molar-refractivity contribution in [1.82, 2.24) is 24.7 Å². The molecule has 0 atom stereocenters. The van der Waals surface area contributed by atoms with Crippen LogP contribution in [0.5, 0.6) is 0 Å². The van der Waals surface area contributed by atoms with Crippen LogP contribution in [0.3, 0.4) is 0 Å². The van der Waals surface area contributed by atoms with E-state index in [1.807, 2.05) is 6.92 Å². The SMILES string of the molecule is Cc1ncc(-c2cncnc2)c(NCCCNS(C)(=O)=O)n1. The predicted molar refractivity (Wildman–Crippen MR) is 83.7 cm³/mol. The average molecular weight is 322 g/mol. The number of sulfonamides is 1. The first-order valence-corrected chi connectivity index (χ1v) is 8.62. The molecule has 0 radical (unpaired) electrons. The molecule has 0 unspecified atom stereocenters. The minimum atomic E-state index is -3.15. The van der Waals surface area contributed by atoms with Crippen LogP contribution < -0.4 is 10.0 Å². The summed E-state index contributed by atoms with van der Waals surface area (Å²) in [5, 5.41) is 3.20. The largest absolute Gasteiger partial charge is 0.369 e. The van der Waals surface area contributed by atoms with Gasteiger partial charge in [-0.1, -0.05) is 0 Å². The van der Waals surface area contributed by atoms with Gasteiger partial charge in [-0.25, -0.2) is 33.1 Å². The van der Waals surface area contributed by atoms with Crippen LogP contribution in [0.25, 0.3) is 11.1 Å². The van der Waals surface area contributed by atoms with Gasteiger partial charge in [-0.3, -0.25) is 0 Å². The van der Waals surface area contributed by atoms with Gasteiger partial charge in [-0.2, -0.15) is 0 Å².